The Morgan fingerprint density at radius 2 is 1.68 bits per heavy atom. The number of carbonyl (C=O) groups excluding carboxylic acids is 2. The predicted octanol–water partition coefficient (Wildman–Crippen LogP) is 4.38. The molecule has 208 valence electrons. The maximum Gasteiger partial charge on any atom is 0.416 e. The van der Waals surface area contributed by atoms with Crippen LogP contribution < -0.4 is 9.62 Å². The number of alkyl halides is 3. The second-order valence-corrected chi connectivity index (χ2v) is 11.6. The van der Waals surface area contributed by atoms with Gasteiger partial charge in [0.15, 0.2) is 0 Å². The lowest BCUT2D eigenvalue weighted by molar-refractivity contribution is -0.139. The van der Waals surface area contributed by atoms with E-state index in [2.05, 4.69) is 5.32 Å². The molecule has 3 rings (SSSR count). The topological polar surface area (TPSA) is 86.8 Å². The van der Waals surface area contributed by atoms with E-state index >= 15 is 0 Å². The Balaban J connectivity index is 1.85. The SMILES string of the molecule is C[C@H](C(=O)NC1CCCCC1)N(CCc1ccccc1)C(=O)CN(c1cccc(C(F)(F)F)c1)S(C)(=O)=O. The van der Waals surface area contributed by atoms with Crippen LogP contribution >= 0.6 is 0 Å². The molecule has 1 N–H and O–H groups in total. The van der Waals surface area contributed by atoms with E-state index in [1.165, 1.54) is 11.0 Å². The van der Waals surface area contributed by atoms with Crippen LogP contribution in [0.1, 0.15) is 50.2 Å². The zero-order valence-electron chi connectivity index (χ0n) is 21.6. The van der Waals surface area contributed by atoms with Gasteiger partial charge >= 0.3 is 6.18 Å². The quantitative estimate of drug-likeness (QED) is 0.473. The third-order valence-electron chi connectivity index (χ3n) is 6.74. The zero-order chi connectivity index (χ0) is 27.9. The third kappa shape index (κ3) is 8.21. The lowest BCUT2D eigenvalue weighted by Crippen LogP contribution is -2.53. The van der Waals surface area contributed by atoms with E-state index in [9.17, 15) is 31.2 Å². The van der Waals surface area contributed by atoms with Crippen molar-refractivity contribution in [2.45, 2.75) is 63.7 Å². The Bertz CT molecular complexity index is 1200. The highest BCUT2D eigenvalue weighted by Gasteiger charge is 2.34. The maximum absolute atomic E-state index is 13.5. The first-order valence-corrected chi connectivity index (χ1v) is 14.5. The van der Waals surface area contributed by atoms with Crippen LogP contribution in [0.5, 0.6) is 0 Å². The molecule has 2 aromatic rings. The Kier molecular flexibility index (Phi) is 9.81. The predicted molar refractivity (Wildman–Crippen MR) is 140 cm³/mol. The highest BCUT2D eigenvalue weighted by molar-refractivity contribution is 7.92. The molecule has 0 aromatic heterocycles. The first-order valence-electron chi connectivity index (χ1n) is 12.6. The van der Waals surface area contributed by atoms with Gasteiger partial charge in [-0.3, -0.25) is 13.9 Å². The molecule has 38 heavy (non-hydrogen) atoms. The summed E-state index contributed by atoms with van der Waals surface area (Å²) in [6, 6.07) is 12.2. The molecule has 0 bridgehead atoms. The summed E-state index contributed by atoms with van der Waals surface area (Å²) >= 11 is 0. The highest BCUT2D eigenvalue weighted by atomic mass is 32.2. The lowest BCUT2D eigenvalue weighted by Gasteiger charge is -2.33. The molecular weight excluding hydrogens is 519 g/mol. The van der Waals surface area contributed by atoms with Gasteiger partial charge in [0.25, 0.3) is 0 Å². The summed E-state index contributed by atoms with van der Waals surface area (Å²) in [6.07, 6.45) is 1.40. The van der Waals surface area contributed by atoms with Crippen LogP contribution in [0.4, 0.5) is 18.9 Å². The summed E-state index contributed by atoms with van der Waals surface area (Å²) in [5, 5.41) is 3.00. The highest BCUT2D eigenvalue weighted by Crippen LogP contribution is 2.32. The number of halogens is 3. The minimum absolute atomic E-state index is 0.0161. The average Bonchev–Trinajstić information content (AvgIpc) is 2.87. The molecule has 0 saturated heterocycles. The first kappa shape index (κ1) is 29.5. The van der Waals surface area contributed by atoms with Gasteiger partial charge in [-0.15, -0.1) is 0 Å². The second kappa shape index (κ2) is 12.6. The molecule has 0 radical (unpaired) electrons. The molecular formula is C27H34F3N3O4S. The number of amides is 2. The van der Waals surface area contributed by atoms with Crippen LogP contribution in [0, 0.1) is 0 Å². The van der Waals surface area contributed by atoms with Crippen molar-refractivity contribution >= 4 is 27.5 Å². The normalized spacial score (nSPS) is 15.5. The van der Waals surface area contributed by atoms with Crippen molar-refractivity contribution in [1.82, 2.24) is 10.2 Å². The van der Waals surface area contributed by atoms with Crippen molar-refractivity contribution in [2.75, 3.05) is 23.7 Å². The van der Waals surface area contributed by atoms with Crippen LogP contribution in [-0.4, -0.2) is 56.6 Å². The minimum atomic E-state index is -4.68. The van der Waals surface area contributed by atoms with Gasteiger partial charge in [-0.25, -0.2) is 8.42 Å². The summed E-state index contributed by atoms with van der Waals surface area (Å²) in [7, 11) is -4.13. The summed E-state index contributed by atoms with van der Waals surface area (Å²) in [5.74, 6) is -1.03. The molecule has 1 fully saturated rings. The monoisotopic (exact) mass is 553 g/mol. The average molecular weight is 554 g/mol. The van der Waals surface area contributed by atoms with E-state index in [1.807, 2.05) is 30.3 Å². The van der Waals surface area contributed by atoms with Gasteiger partial charge < -0.3 is 10.2 Å². The maximum atomic E-state index is 13.5. The number of nitrogens with zero attached hydrogens (tertiary/aromatic N) is 2. The van der Waals surface area contributed by atoms with E-state index in [0.29, 0.717) is 16.8 Å². The van der Waals surface area contributed by atoms with E-state index in [0.717, 1.165) is 56.1 Å². The van der Waals surface area contributed by atoms with Crippen LogP contribution in [0.15, 0.2) is 54.6 Å². The molecule has 0 aliphatic heterocycles. The van der Waals surface area contributed by atoms with Crippen LogP contribution in [0.25, 0.3) is 0 Å². The summed E-state index contributed by atoms with van der Waals surface area (Å²) in [6.45, 7) is 0.967. The molecule has 1 saturated carbocycles. The number of benzene rings is 2. The first-order chi connectivity index (χ1) is 17.9. The van der Waals surface area contributed by atoms with Gasteiger partial charge in [-0.05, 0) is 49.9 Å². The van der Waals surface area contributed by atoms with Crippen molar-refractivity contribution in [1.29, 1.82) is 0 Å². The van der Waals surface area contributed by atoms with Crippen molar-refractivity contribution in [3.8, 4) is 0 Å². The molecule has 11 heteroatoms. The number of hydrogen-bond donors (Lipinski definition) is 1. The Morgan fingerprint density at radius 1 is 1.03 bits per heavy atom. The van der Waals surface area contributed by atoms with Gasteiger partial charge in [0.2, 0.25) is 21.8 Å². The molecule has 1 atom stereocenters. The zero-order valence-corrected chi connectivity index (χ0v) is 22.4. The Morgan fingerprint density at radius 3 is 2.29 bits per heavy atom. The largest absolute Gasteiger partial charge is 0.416 e. The molecule has 0 unspecified atom stereocenters. The van der Waals surface area contributed by atoms with Gasteiger partial charge in [0.05, 0.1) is 17.5 Å². The Hall–Kier alpha value is -3.08. The van der Waals surface area contributed by atoms with E-state index in [-0.39, 0.29) is 24.2 Å². The molecule has 0 spiro atoms. The van der Waals surface area contributed by atoms with E-state index < -0.39 is 40.3 Å². The molecule has 0 heterocycles. The summed E-state index contributed by atoms with van der Waals surface area (Å²) < 4.78 is 65.7. The van der Waals surface area contributed by atoms with Crippen LogP contribution in [0.3, 0.4) is 0 Å². The van der Waals surface area contributed by atoms with Gasteiger partial charge in [-0.2, -0.15) is 13.2 Å². The molecule has 1 aliphatic rings. The smallest absolute Gasteiger partial charge is 0.352 e. The Labute approximate surface area is 222 Å². The third-order valence-corrected chi connectivity index (χ3v) is 7.88. The standard InChI is InChI=1S/C27H34F3N3O4S/c1-20(26(35)31-23-13-7-4-8-14-23)32(17-16-21-10-5-3-6-11-21)25(34)19-33(38(2,36)37)24-15-9-12-22(18-24)27(28,29)30/h3,5-6,9-12,15,18,20,23H,4,7-8,13-14,16-17,19H2,1-2H3,(H,31,35)/t20-/m1/s1. The number of nitrogens with one attached hydrogen (secondary N) is 1. The minimum Gasteiger partial charge on any atom is -0.352 e. The van der Waals surface area contributed by atoms with Crippen molar-refractivity contribution in [3.05, 3.63) is 65.7 Å². The van der Waals surface area contributed by atoms with Crippen LogP contribution in [-0.2, 0) is 32.2 Å². The van der Waals surface area contributed by atoms with Gasteiger partial charge in [0.1, 0.15) is 12.6 Å². The molecule has 2 amide bonds. The van der Waals surface area contributed by atoms with Crippen molar-refractivity contribution in [2.24, 2.45) is 0 Å². The van der Waals surface area contributed by atoms with Crippen molar-refractivity contribution in [3.63, 3.8) is 0 Å². The van der Waals surface area contributed by atoms with Crippen molar-refractivity contribution < 1.29 is 31.2 Å². The van der Waals surface area contributed by atoms with Gasteiger partial charge in [0, 0.05) is 12.6 Å². The fraction of sp³-hybridized carbons (Fsp3) is 0.481. The molecule has 1 aliphatic carbocycles. The molecule has 7 nitrogen and oxygen atoms in total. The summed E-state index contributed by atoms with van der Waals surface area (Å²) in [5.41, 5.74) is -0.390. The van der Waals surface area contributed by atoms with Crippen LogP contribution in [0.2, 0.25) is 0 Å². The molecule has 2 aromatic carbocycles. The number of rotatable bonds is 10. The fourth-order valence-electron chi connectivity index (χ4n) is 4.59. The number of sulfonamides is 1. The summed E-state index contributed by atoms with van der Waals surface area (Å²) in [4.78, 5) is 27.9. The lowest BCUT2D eigenvalue weighted by atomic mass is 9.95. The fourth-order valence-corrected chi connectivity index (χ4v) is 5.43. The number of carbonyl (C=O) groups is 2. The number of hydrogen-bond acceptors (Lipinski definition) is 4. The van der Waals surface area contributed by atoms with E-state index in [1.54, 1.807) is 6.92 Å². The van der Waals surface area contributed by atoms with E-state index in [4.69, 9.17) is 0 Å². The number of anilines is 1. The van der Waals surface area contributed by atoms with Gasteiger partial charge in [-0.1, -0.05) is 55.7 Å². The second-order valence-electron chi connectivity index (χ2n) is 9.66.